The number of ether oxygens (including phenoxy) is 1. The first-order chi connectivity index (χ1) is 8.27. The monoisotopic (exact) mass is 251 g/mol. The lowest BCUT2D eigenvalue weighted by atomic mass is 10.2. The van der Waals surface area contributed by atoms with Gasteiger partial charge in [-0.2, -0.15) is 0 Å². The van der Waals surface area contributed by atoms with Gasteiger partial charge in [-0.25, -0.2) is 9.18 Å². The van der Waals surface area contributed by atoms with Gasteiger partial charge in [0.15, 0.2) is 5.82 Å². The van der Waals surface area contributed by atoms with E-state index >= 15 is 0 Å². The van der Waals surface area contributed by atoms with Gasteiger partial charge in [0.05, 0.1) is 18.4 Å². The highest BCUT2D eigenvalue weighted by atomic mass is 32.1. The fourth-order valence-corrected chi connectivity index (χ4v) is 2.01. The maximum Gasteiger partial charge on any atom is 0.341 e. The predicted molar refractivity (Wildman–Crippen MR) is 62.5 cm³/mol. The zero-order chi connectivity index (χ0) is 12.1. The molecule has 0 unspecified atom stereocenters. The Balaban J connectivity index is 1.88. The third-order valence-electron chi connectivity index (χ3n) is 2.15. The second-order valence-corrected chi connectivity index (χ2v) is 4.35. The molecule has 5 heteroatoms. The quantitative estimate of drug-likeness (QED) is 0.784. The van der Waals surface area contributed by atoms with Crippen LogP contribution in [0.3, 0.4) is 0 Å². The number of aromatic nitrogens is 1. The molecule has 0 aromatic carbocycles. The van der Waals surface area contributed by atoms with Gasteiger partial charge in [-0.1, -0.05) is 6.07 Å². The summed E-state index contributed by atoms with van der Waals surface area (Å²) in [5.74, 6) is -1.31. The SMILES string of the molecule is O=C(OCCc1cccs1)c1ccncc1F. The van der Waals surface area contributed by atoms with E-state index in [1.54, 1.807) is 11.3 Å². The van der Waals surface area contributed by atoms with Gasteiger partial charge in [-0.05, 0) is 17.5 Å². The van der Waals surface area contributed by atoms with Crippen LogP contribution in [0.5, 0.6) is 0 Å². The Hall–Kier alpha value is -1.75. The summed E-state index contributed by atoms with van der Waals surface area (Å²) >= 11 is 1.60. The van der Waals surface area contributed by atoms with Crippen LogP contribution in [0.15, 0.2) is 36.0 Å². The molecule has 0 atom stereocenters. The second-order valence-electron chi connectivity index (χ2n) is 3.32. The zero-order valence-electron chi connectivity index (χ0n) is 8.93. The summed E-state index contributed by atoms with van der Waals surface area (Å²) in [6.45, 7) is 0.251. The maximum absolute atomic E-state index is 13.2. The van der Waals surface area contributed by atoms with E-state index in [-0.39, 0.29) is 12.2 Å². The van der Waals surface area contributed by atoms with Crippen molar-refractivity contribution in [2.75, 3.05) is 6.61 Å². The molecule has 0 spiro atoms. The Morgan fingerprint density at radius 3 is 3.06 bits per heavy atom. The Kier molecular flexibility index (Phi) is 3.82. The zero-order valence-corrected chi connectivity index (χ0v) is 9.74. The van der Waals surface area contributed by atoms with Crippen LogP contribution < -0.4 is 0 Å². The van der Waals surface area contributed by atoms with Gasteiger partial charge < -0.3 is 4.74 Å². The van der Waals surface area contributed by atoms with Crippen LogP contribution in [0, 0.1) is 5.82 Å². The van der Waals surface area contributed by atoms with Crippen LogP contribution in [-0.4, -0.2) is 17.6 Å². The third-order valence-corrected chi connectivity index (χ3v) is 3.09. The summed E-state index contributed by atoms with van der Waals surface area (Å²) in [4.78, 5) is 16.2. The first-order valence-electron chi connectivity index (χ1n) is 5.06. The summed E-state index contributed by atoms with van der Waals surface area (Å²) in [6, 6.07) is 5.21. The third kappa shape index (κ3) is 3.10. The van der Waals surface area contributed by atoms with Gasteiger partial charge in [0, 0.05) is 17.5 Å². The lowest BCUT2D eigenvalue weighted by Gasteiger charge is -2.04. The van der Waals surface area contributed by atoms with Crippen molar-refractivity contribution in [3.8, 4) is 0 Å². The van der Waals surface area contributed by atoms with Gasteiger partial charge in [0.2, 0.25) is 0 Å². The number of pyridine rings is 1. The number of esters is 1. The van der Waals surface area contributed by atoms with Crippen LogP contribution in [0.2, 0.25) is 0 Å². The minimum Gasteiger partial charge on any atom is -0.462 e. The summed E-state index contributed by atoms with van der Waals surface area (Å²) in [5.41, 5.74) is -0.0776. The molecule has 0 aliphatic heterocycles. The largest absolute Gasteiger partial charge is 0.462 e. The fraction of sp³-hybridized carbons (Fsp3) is 0.167. The topological polar surface area (TPSA) is 39.2 Å². The second kappa shape index (κ2) is 5.54. The molecule has 0 saturated carbocycles. The Labute approximate surface area is 102 Å². The van der Waals surface area contributed by atoms with E-state index in [1.165, 1.54) is 12.3 Å². The number of carbonyl (C=O) groups excluding carboxylic acids is 1. The van der Waals surface area contributed by atoms with Gasteiger partial charge >= 0.3 is 5.97 Å². The average molecular weight is 251 g/mol. The number of rotatable bonds is 4. The molecule has 0 aliphatic carbocycles. The van der Waals surface area contributed by atoms with Crippen molar-refractivity contribution in [3.63, 3.8) is 0 Å². The number of thiophene rings is 1. The first-order valence-corrected chi connectivity index (χ1v) is 5.94. The highest BCUT2D eigenvalue weighted by Gasteiger charge is 2.12. The molecule has 2 heterocycles. The maximum atomic E-state index is 13.2. The molecule has 0 radical (unpaired) electrons. The molecule has 2 aromatic rings. The van der Waals surface area contributed by atoms with E-state index in [4.69, 9.17) is 4.74 Å². The summed E-state index contributed by atoms with van der Waals surface area (Å²) < 4.78 is 18.2. The summed E-state index contributed by atoms with van der Waals surface area (Å²) in [7, 11) is 0. The number of hydrogen-bond acceptors (Lipinski definition) is 4. The molecule has 0 fully saturated rings. The molecule has 0 N–H and O–H groups in total. The lowest BCUT2D eigenvalue weighted by molar-refractivity contribution is 0.0504. The van der Waals surface area contributed by atoms with E-state index in [0.29, 0.717) is 6.42 Å². The van der Waals surface area contributed by atoms with Crippen LogP contribution in [0.25, 0.3) is 0 Å². The normalized spacial score (nSPS) is 10.2. The van der Waals surface area contributed by atoms with Gasteiger partial charge in [-0.3, -0.25) is 4.98 Å². The van der Waals surface area contributed by atoms with Crippen molar-refractivity contribution in [3.05, 3.63) is 52.2 Å². The molecular formula is C12H10FNO2S. The summed E-state index contributed by atoms with van der Waals surface area (Å²) in [5, 5.41) is 1.96. The Morgan fingerprint density at radius 1 is 1.47 bits per heavy atom. The van der Waals surface area contributed by atoms with Crippen molar-refractivity contribution >= 4 is 17.3 Å². The molecule has 0 saturated heterocycles. The first kappa shape index (κ1) is 11.7. The minimum atomic E-state index is -0.659. The number of hydrogen-bond donors (Lipinski definition) is 0. The highest BCUT2D eigenvalue weighted by molar-refractivity contribution is 7.09. The molecule has 17 heavy (non-hydrogen) atoms. The van der Waals surface area contributed by atoms with Gasteiger partial charge in [0.1, 0.15) is 0 Å². The van der Waals surface area contributed by atoms with Gasteiger partial charge in [0.25, 0.3) is 0 Å². The smallest absolute Gasteiger partial charge is 0.341 e. The number of nitrogens with zero attached hydrogens (tertiary/aromatic N) is 1. The minimum absolute atomic E-state index is 0.0776. The highest BCUT2D eigenvalue weighted by Crippen LogP contribution is 2.10. The van der Waals surface area contributed by atoms with Crippen LogP contribution in [0.4, 0.5) is 4.39 Å². The Morgan fingerprint density at radius 2 is 2.35 bits per heavy atom. The van der Waals surface area contributed by atoms with E-state index in [2.05, 4.69) is 4.98 Å². The molecule has 2 aromatic heterocycles. The van der Waals surface area contributed by atoms with Crippen molar-refractivity contribution in [2.24, 2.45) is 0 Å². The lowest BCUT2D eigenvalue weighted by Crippen LogP contribution is -2.09. The van der Waals surface area contributed by atoms with E-state index in [9.17, 15) is 9.18 Å². The number of carbonyl (C=O) groups is 1. The molecule has 0 bridgehead atoms. The van der Waals surface area contributed by atoms with Crippen LogP contribution >= 0.6 is 11.3 Å². The number of halogens is 1. The Bertz CT molecular complexity index is 499. The molecule has 0 aliphatic rings. The van der Waals surface area contributed by atoms with Crippen LogP contribution in [0.1, 0.15) is 15.2 Å². The van der Waals surface area contributed by atoms with Gasteiger partial charge in [-0.15, -0.1) is 11.3 Å². The van der Waals surface area contributed by atoms with E-state index in [0.717, 1.165) is 11.1 Å². The predicted octanol–water partition coefficient (Wildman–Crippen LogP) is 2.68. The molecular weight excluding hydrogens is 241 g/mol. The molecule has 3 nitrogen and oxygen atoms in total. The van der Waals surface area contributed by atoms with Crippen molar-refractivity contribution in [1.29, 1.82) is 0 Å². The molecule has 0 amide bonds. The van der Waals surface area contributed by atoms with Crippen LogP contribution in [-0.2, 0) is 11.2 Å². The van der Waals surface area contributed by atoms with Crippen molar-refractivity contribution in [2.45, 2.75) is 6.42 Å². The van der Waals surface area contributed by atoms with Crippen molar-refractivity contribution in [1.82, 2.24) is 4.98 Å². The van der Waals surface area contributed by atoms with E-state index in [1.807, 2.05) is 17.5 Å². The standard InChI is InChI=1S/C12H10FNO2S/c13-11-8-14-5-3-10(11)12(15)16-6-4-9-2-1-7-17-9/h1-3,5,7-8H,4,6H2. The fourth-order valence-electron chi connectivity index (χ4n) is 1.32. The van der Waals surface area contributed by atoms with Crippen molar-refractivity contribution < 1.29 is 13.9 Å². The average Bonchev–Trinajstić information content (AvgIpc) is 2.82. The molecule has 2 rings (SSSR count). The van der Waals surface area contributed by atoms with E-state index < -0.39 is 11.8 Å². The molecule has 88 valence electrons. The summed E-state index contributed by atoms with van der Waals surface area (Å²) in [6.07, 6.45) is 3.00.